The largest absolute Gasteiger partial charge is 0.491 e. The smallest absolute Gasteiger partial charge is 0.261 e. The number of carbonyl (C=O) groups excluding carboxylic acids is 3. The number of benzene rings is 3. The zero-order valence-corrected chi connectivity index (χ0v) is 18.8. The SMILES string of the molecule is O=C(NCCOc1ccccc1-c1ccccc1)c1ccc2c(c1)C(=O)N(Cc1ccco1)C2=O. The van der Waals surface area contributed by atoms with E-state index in [1.54, 1.807) is 18.2 Å². The Bertz CT molecular complexity index is 1380. The van der Waals surface area contributed by atoms with Crippen LogP contribution in [0.5, 0.6) is 5.75 Å². The van der Waals surface area contributed by atoms with Crippen molar-refractivity contribution in [3.05, 3.63) is 114 Å². The van der Waals surface area contributed by atoms with Gasteiger partial charge < -0.3 is 14.5 Å². The van der Waals surface area contributed by atoms with Crippen LogP contribution >= 0.6 is 0 Å². The molecule has 0 radical (unpaired) electrons. The van der Waals surface area contributed by atoms with E-state index in [-0.39, 0.29) is 36.7 Å². The molecule has 4 aromatic rings. The highest BCUT2D eigenvalue weighted by Crippen LogP contribution is 2.29. The topological polar surface area (TPSA) is 88.8 Å². The lowest BCUT2D eigenvalue weighted by Crippen LogP contribution is -2.29. The summed E-state index contributed by atoms with van der Waals surface area (Å²) in [7, 11) is 0. The molecule has 5 rings (SSSR count). The molecule has 3 amide bonds. The molecule has 7 heteroatoms. The van der Waals surface area contributed by atoms with Crippen molar-refractivity contribution in [2.24, 2.45) is 0 Å². The summed E-state index contributed by atoms with van der Waals surface area (Å²) in [6.45, 7) is 0.591. The maximum atomic E-state index is 12.8. The third kappa shape index (κ3) is 4.56. The number of imide groups is 1. The van der Waals surface area contributed by atoms with Crippen LogP contribution in [0.3, 0.4) is 0 Å². The predicted molar refractivity (Wildman–Crippen MR) is 129 cm³/mol. The number of nitrogens with zero attached hydrogens (tertiary/aromatic N) is 1. The standard InChI is InChI=1S/C28H22N2O5/c31-26(29-14-16-35-25-11-5-4-10-22(25)19-7-2-1-3-8-19)20-12-13-23-24(17-20)28(33)30(27(23)32)18-21-9-6-15-34-21/h1-13,15,17H,14,16,18H2,(H,29,31). The lowest BCUT2D eigenvalue weighted by molar-refractivity contribution is 0.0631. The van der Waals surface area contributed by atoms with E-state index in [0.29, 0.717) is 11.3 Å². The normalized spacial score (nSPS) is 12.5. The van der Waals surface area contributed by atoms with Gasteiger partial charge in [0.25, 0.3) is 17.7 Å². The number of hydrogen-bond donors (Lipinski definition) is 1. The third-order valence-electron chi connectivity index (χ3n) is 5.74. The monoisotopic (exact) mass is 466 g/mol. The molecule has 0 atom stereocenters. The zero-order valence-electron chi connectivity index (χ0n) is 18.8. The highest BCUT2D eigenvalue weighted by Gasteiger charge is 2.36. The van der Waals surface area contributed by atoms with E-state index in [4.69, 9.17) is 9.15 Å². The summed E-state index contributed by atoms with van der Waals surface area (Å²) in [6, 6.07) is 25.6. The second-order valence-electron chi connectivity index (χ2n) is 8.00. The Balaban J connectivity index is 1.20. The molecule has 1 aliphatic heterocycles. The van der Waals surface area contributed by atoms with Crippen molar-refractivity contribution >= 4 is 17.7 Å². The van der Waals surface area contributed by atoms with Crippen molar-refractivity contribution in [1.82, 2.24) is 10.2 Å². The number of carbonyl (C=O) groups is 3. The van der Waals surface area contributed by atoms with Gasteiger partial charge in [-0.05, 0) is 42.0 Å². The molecule has 1 aromatic heterocycles. The van der Waals surface area contributed by atoms with Gasteiger partial charge in [0.1, 0.15) is 18.1 Å². The molecule has 0 aliphatic carbocycles. The number of hydrogen-bond acceptors (Lipinski definition) is 5. The Morgan fingerprint density at radius 2 is 1.60 bits per heavy atom. The first-order valence-electron chi connectivity index (χ1n) is 11.2. The Kier molecular flexibility index (Phi) is 6.13. The molecular formula is C28H22N2O5. The van der Waals surface area contributed by atoms with Crippen LogP contribution in [0.25, 0.3) is 11.1 Å². The molecule has 0 saturated heterocycles. The summed E-state index contributed by atoms with van der Waals surface area (Å²) in [5, 5.41) is 2.80. The van der Waals surface area contributed by atoms with Crippen LogP contribution in [0.15, 0.2) is 95.6 Å². The molecule has 3 aromatic carbocycles. The van der Waals surface area contributed by atoms with Crippen LogP contribution in [0, 0.1) is 0 Å². The van der Waals surface area contributed by atoms with E-state index in [9.17, 15) is 14.4 Å². The second kappa shape index (κ2) is 9.69. The summed E-state index contributed by atoms with van der Waals surface area (Å²) in [4.78, 5) is 39.2. The fraction of sp³-hybridized carbons (Fsp3) is 0.107. The number of furan rings is 1. The Hall–Kier alpha value is -4.65. The molecular weight excluding hydrogens is 444 g/mol. The van der Waals surface area contributed by atoms with Gasteiger partial charge in [-0.2, -0.15) is 0 Å². The predicted octanol–water partition coefficient (Wildman–Crippen LogP) is 4.55. The van der Waals surface area contributed by atoms with E-state index >= 15 is 0 Å². The highest BCUT2D eigenvalue weighted by molar-refractivity contribution is 6.22. The summed E-state index contributed by atoms with van der Waals surface area (Å²) >= 11 is 0. The fourth-order valence-corrected chi connectivity index (χ4v) is 4.01. The number of fused-ring (bicyclic) bond motifs is 1. The first kappa shape index (κ1) is 22.2. The molecule has 2 heterocycles. The van der Waals surface area contributed by atoms with Crippen molar-refractivity contribution in [3.63, 3.8) is 0 Å². The molecule has 0 saturated carbocycles. The van der Waals surface area contributed by atoms with Gasteiger partial charge in [-0.25, -0.2) is 0 Å². The average molecular weight is 466 g/mol. The average Bonchev–Trinajstić information content (AvgIpc) is 3.50. The fourth-order valence-electron chi connectivity index (χ4n) is 4.01. The van der Waals surface area contributed by atoms with Crippen molar-refractivity contribution in [2.45, 2.75) is 6.54 Å². The number of rotatable bonds is 8. The minimum absolute atomic E-state index is 0.0443. The van der Waals surface area contributed by atoms with Gasteiger partial charge in [-0.3, -0.25) is 19.3 Å². The van der Waals surface area contributed by atoms with E-state index in [1.807, 2.05) is 54.6 Å². The molecule has 0 bridgehead atoms. The van der Waals surface area contributed by atoms with Gasteiger partial charge >= 0.3 is 0 Å². The number of ether oxygens (including phenoxy) is 1. The van der Waals surface area contributed by atoms with E-state index in [1.165, 1.54) is 18.4 Å². The van der Waals surface area contributed by atoms with Crippen molar-refractivity contribution in [1.29, 1.82) is 0 Å². The van der Waals surface area contributed by atoms with Gasteiger partial charge in [-0.15, -0.1) is 0 Å². The third-order valence-corrected chi connectivity index (χ3v) is 5.74. The van der Waals surface area contributed by atoms with Crippen LogP contribution in [-0.4, -0.2) is 35.8 Å². The van der Waals surface area contributed by atoms with Crippen molar-refractivity contribution in [3.8, 4) is 16.9 Å². The van der Waals surface area contributed by atoms with E-state index < -0.39 is 11.8 Å². The van der Waals surface area contributed by atoms with Crippen LogP contribution in [0.1, 0.15) is 36.8 Å². The molecule has 7 nitrogen and oxygen atoms in total. The first-order chi connectivity index (χ1) is 17.1. The van der Waals surface area contributed by atoms with Crippen LogP contribution in [0.2, 0.25) is 0 Å². The van der Waals surface area contributed by atoms with Crippen LogP contribution < -0.4 is 10.1 Å². The van der Waals surface area contributed by atoms with Crippen molar-refractivity contribution in [2.75, 3.05) is 13.2 Å². The molecule has 174 valence electrons. The quantitative estimate of drug-likeness (QED) is 0.304. The van der Waals surface area contributed by atoms with E-state index in [0.717, 1.165) is 21.8 Å². The molecule has 0 unspecified atom stereocenters. The Morgan fingerprint density at radius 3 is 2.40 bits per heavy atom. The summed E-state index contributed by atoms with van der Waals surface area (Å²) in [6.07, 6.45) is 1.49. The van der Waals surface area contributed by atoms with E-state index in [2.05, 4.69) is 5.32 Å². The summed E-state index contributed by atoms with van der Waals surface area (Å²) in [5.74, 6) is 0.0331. The zero-order chi connectivity index (χ0) is 24.2. The minimum atomic E-state index is -0.447. The number of para-hydroxylation sites is 1. The van der Waals surface area contributed by atoms with Crippen LogP contribution in [0.4, 0.5) is 0 Å². The Labute approximate surface area is 201 Å². The summed E-state index contributed by atoms with van der Waals surface area (Å²) < 4.78 is 11.2. The van der Waals surface area contributed by atoms with Gasteiger partial charge in [0.05, 0.1) is 30.5 Å². The molecule has 1 aliphatic rings. The molecule has 0 spiro atoms. The highest BCUT2D eigenvalue weighted by atomic mass is 16.5. The van der Waals surface area contributed by atoms with Gasteiger partial charge in [-0.1, -0.05) is 48.5 Å². The van der Waals surface area contributed by atoms with Gasteiger partial charge in [0.2, 0.25) is 0 Å². The molecule has 0 fully saturated rings. The molecule has 1 N–H and O–H groups in total. The summed E-state index contributed by atoms with van der Waals surface area (Å²) in [5.41, 5.74) is 2.81. The lowest BCUT2D eigenvalue weighted by Gasteiger charge is -2.12. The lowest BCUT2D eigenvalue weighted by atomic mass is 10.1. The number of amides is 3. The maximum absolute atomic E-state index is 12.8. The van der Waals surface area contributed by atoms with Gasteiger partial charge in [0.15, 0.2) is 0 Å². The maximum Gasteiger partial charge on any atom is 0.261 e. The Morgan fingerprint density at radius 1 is 0.829 bits per heavy atom. The van der Waals surface area contributed by atoms with Crippen LogP contribution in [-0.2, 0) is 6.54 Å². The number of nitrogens with one attached hydrogen (secondary N) is 1. The van der Waals surface area contributed by atoms with Gasteiger partial charge in [0, 0.05) is 11.1 Å². The second-order valence-corrected chi connectivity index (χ2v) is 8.00. The first-order valence-corrected chi connectivity index (χ1v) is 11.2. The minimum Gasteiger partial charge on any atom is -0.491 e. The molecule has 35 heavy (non-hydrogen) atoms. The van der Waals surface area contributed by atoms with Crippen molar-refractivity contribution < 1.29 is 23.5 Å².